The number of carbonyl (C=O) groups is 2. The Morgan fingerprint density at radius 3 is 2.54 bits per heavy atom. The summed E-state index contributed by atoms with van der Waals surface area (Å²) in [7, 11) is 0. The van der Waals surface area contributed by atoms with Crippen molar-refractivity contribution >= 4 is 11.8 Å². The molecule has 1 aromatic heterocycles. The van der Waals surface area contributed by atoms with E-state index in [1.807, 2.05) is 42.2 Å². The molecule has 26 heavy (non-hydrogen) atoms. The average Bonchev–Trinajstić information content (AvgIpc) is 2.98. The number of rotatable bonds is 2. The second-order valence-electron chi connectivity index (χ2n) is 7.33. The predicted octanol–water partition coefficient (Wildman–Crippen LogP) is 2.67. The first kappa shape index (κ1) is 16.8. The van der Waals surface area contributed by atoms with Crippen LogP contribution < -0.4 is 5.32 Å². The van der Waals surface area contributed by atoms with Gasteiger partial charge in [0.05, 0.1) is 5.54 Å². The summed E-state index contributed by atoms with van der Waals surface area (Å²) in [5.74, 6) is 0.258. The fraction of sp³-hybridized carbons (Fsp3) is 0.381. The normalized spacial score (nSPS) is 21.7. The number of aryl methyl sites for hydroxylation is 1. The molecule has 1 spiro atoms. The van der Waals surface area contributed by atoms with Crippen LogP contribution in [0.4, 0.5) is 0 Å². The van der Waals surface area contributed by atoms with Crippen molar-refractivity contribution in [3.05, 3.63) is 65.5 Å². The molecule has 0 saturated carbocycles. The van der Waals surface area contributed by atoms with Crippen molar-refractivity contribution in [3.63, 3.8) is 0 Å². The number of carbonyl (C=O) groups excluding carboxylic acids is 2. The summed E-state index contributed by atoms with van der Waals surface area (Å²) < 4.78 is 0. The van der Waals surface area contributed by atoms with Gasteiger partial charge in [-0.3, -0.25) is 9.59 Å². The summed E-state index contributed by atoms with van der Waals surface area (Å²) >= 11 is 0. The van der Waals surface area contributed by atoms with E-state index in [2.05, 4.69) is 22.4 Å². The Bertz CT molecular complexity index is 826. The van der Waals surface area contributed by atoms with Crippen molar-refractivity contribution in [2.75, 3.05) is 13.1 Å². The van der Waals surface area contributed by atoms with Gasteiger partial charge in [0.25, 0.3) is 5.91 Å². The lowest BCUT2D eigenvalue weighted by molar-refractivity contribution is -0.120. The van der Waals surface area contributed by atoms with Crippen molar-refractivity contribution in [3.8, 4) is 0 Å². The van der Waals surface area contributed by atoms with Gasteiger partial charge >= 0.3 is 0 Å². The second-order valence-corrected chi connectivity index (χ2v) is 7.33. The van der Waals surface area contributed by atoms with Gasteiger partial charge in [-0.1, -0.05) is 36.4 Å². The van der Waals surface area contributed by atoms with E-state index >= 15 is 0 Å². The quantitative estimate of drug-likeness (QED) is 0.907. The molecule has 5 heteroatoms. The van der Waals surface area contributed by atoms with Gasteiger partial charge < -0.3 is 10.2 Å². The maximum absolute atomic E-state index is 12.7. The number of likely N-dealkylation sites (tertiary alicyclic amines) is 1. The molecule has 1 N–H and O–H groups in total. The van der Waals surface area contributed by atoms with Crippen molar-refractivity contribution in [2.24, 2.45) is 0 Å². The molecule has 3 heterocycles. The Labute approximate surface area is 153 Å². The first-order chi connectivity index (χ1) is 12.6. The maximum Gasteiger partial charge on any atom is 0.272 e. The zero-order chi connectivity index (χ0) is 18.1. The van der Waals surface area contributed by atoms with Gasteiger partial charge in [-0.25, -0.2) is 4.98 Å². The Kier molecular flexibility index (Phi) is 4.23. The van der Waals surface area contributed by atoms with Crippen LogP contribution in [0.2, 0.25) is 0 Å². The van der Waals surface area contributed by atoms with Gasteiger partial charge in [-0.2, -0.15) is 0 Å². The number of benzene rings is 1. The smallest absolute Gasteiger partial charge is 0.272 e. The summed E-state index contributed by atoms with van der Waals surface area (Å²) in [6.07, 6.45) is 2.07. The van der Waals surface area contributed by atoms with Crippen LogP contribution in [-0.2, 0) is 4.79 Å². The number of nitrogens with one attached hydrogen (secondary N) is 1. The zero-order valence-corrected chi connectivity index (χ0v) is 14.9. The molecular formula is C21H23N3O2. The largest absolute Gasteiger partial charge is 0.350 e. The number of amides is 2. The lowest BCUT2D eigenvalue weighted by Gasteiger charge is -2.42. The molecule has 0 bridgehead atoms. The summed E-state index contributed by atoms with van der Waals surface area (Å²) in [6.45, 7) is 3.16. The highest BCUT2D eigenvalue weighted by atomic mass is 16.2. The third-order valence-electron chi connectivity index (χ3n) is 5.70. The fourth-order valence-corrected chi connectivity index (χ4v) is 4.33. The van der Waals surface area contributed by atoms with E-state index in [9.17, 15) is 9.59 Å². The molecule has 1 aromatic carbocycles. The van der Waals surface area contributed by atoms with Gasteiger partial charge in [0.2, 0.25) is 5.91 Å². The van der Waals surface area contributed by atoms with Crippen molar-refractivity contribution in [2.45, 2.75) is 37.6 Å². The Morgan fingerprint density at radius 2 is 1.85 bits per heavy atom. The molecule has 2 saturated heterocycles. The van der Waals surface area contributed by atoms with Gasteiger partial charge in [0.1, 0.15) is 5.69 Å². The standard InChI is InChI=1S/C21H23N3O2/c1-15-6-5-9-18(22-15)20(26)24-12-10-21(11-13-24)17(14-19(25)23-21)16-7-3-2-4-8-16/h2-9,17H,10-14H2,1H3,(H,23,25)/t17-/m0/s1. The summed E-state index contributed by atoms with van der Waals surface area (Å²) in [6, 6.07) is 15.8. The molecule has 5 nitrogen and oxygen atoms in total. The van der Waals surface area contributed by atoms with Gasteiger partial charge in [0.15, 0.2) is 0 Å². The monoisotopic (exact) mass is 349 g/mol. The first-order valence-electron chi connectivity index (χ1n) is 9.16. The van der Waals surface area contributed by atoms with Gasteiger partial charge in [-0.05, 0) is 37.5 Å². The van der Waals surface area contributed by atoms with Gasteiger partial charge in [0, 0.05) is 31.1 Å². The number of aromatic nitrogens is 1. The molecule has 0 unspecified atom stereocenters. The Balaban J connectivity index is 1.51. The highest BCUT2D eigenvalue weighted by Crippen LogP contribution is 2.43. The second kappa shape index (κ2) is 6.56. The SMILES string of the molecule is Cc1cccc(C(=O)N2CCC3(CC2)NC(=O)C[C@H]3c2ccccc2)n1. The van der Waals surface area contributed by atoms with Crippen LogP contribution in [-0.4, -0.2) is 40.3 Å². The summed E-state index contributed by atoms with van der Waals surface area (Å²) in [5, 5.41) is 3.23. The van der Waals surface area contributed by atoms with Crippen LogP contribution >= 0.6 is 0 Å². The van der Waals surface area contributed by atoms with E-state index in [-0.39, 0.29) is 23.3 Å². The molecule has 1 atom stereocenters. The fourth-order valence-electron chi connectivity index (χ4n) is 4.33. The van der Waals surface area contributed by atoms with Crippen molar-refractivity contribution in [1.82, 2.24) is 15.2 Å². The highest BCUT2D eigenvalue weighted by Gasteiger charge is 2.49. The minimum atomic E-state index is -0.241. The third kappa shape index (κ3) is 2.98. The Morgan fingerprint density at radius 1 is 1.12 bits per heavy atom. The van der Waals surface area contributed by atoms with E-state index in [4.69, 9.17) is 0 Å². The van der Waals surface area contributed by atoms with E-state index < -0.39 is 0 Å². The number of hydrogen-bond acceptors (Lipinski definition) is 3. The molecular weight excluding hydrogens is 326 g/mol. The zero-order valence-electron chi connectivity index (χ0n) is 14.9. The predicted molar refractivity (Wildman–Crippen MR) is 98.8 cm³/mol. The van der Waals surface area contributed by atoms with Crippen LogP contribution in [0, 0.1) is 6.92 Å². The maximum atomic E-state index is 12.7. The number of hydrogen-bond donors (Lipinski definition) is 1. The molecule has 0 radical (unpaired) electrons. The van der Waals surface area contributed by atoms with Crippen molar-refractivity contribution in [1.29, 1.82) is 0 Å². The van der Waals surface area contributed by atoms with E-state index in [0.717, 1.165) is 18.5 Å². The molecule has 2 amide bonds. The van der Waals surface area contributed by atoms with E-state index in [1.54, 1.807) is 6.07 Å². The van der Waals surface area contributed by atoms with Crippen LogP contribution in [0.15, 0.2) is 48.5 Å². The lowest BCUT2D eigenvalue weighted by atomic mass is 9.74. The minimum absolute atomic E-state index is 0.0239. The minimum Gasteiger partial charge on any atom is -0.350 e. The summed E-state index contributed by atoms with van der Waals surface area (Å²) in [4.78, 5) is 31.1. The number of nitrogens with zero attached hydrogens (tertiary/aromatic N) is 2. The van der Waals surface area contributed by atoms with Crippen LogP contribution in [0.5, 0.6) is 0 Å². The molecule has 2 aromatic rings. The lowest BCUT2D eigenvalue weighted by Crippen LogP contribution is -2.54. The number of piperidine rings is 1. The molecule has 0 aliphatic carbocycles. The molecule has 134 valence electrons. The van der Waals surface area contributed by atoms with Crippen LogP contribution in [0.25, 0.3) is 0 Å². The average molecular weight is 349 g/mol. The van der Waals surface area contributed by atoms with E-state index in [1.165, 1.54) is 5.56 Å². The third-order valence-corrected chi connectivity index (χ3v) is 5.70. The topological polar surface area (TPSA) is 62.3 Å². The Hall–Kier alpha value is -2.69. The van der Waals surface area contributed by atoms with Gasteiger partial charge in [-0.15, -0.1) is 0 Å². The van der Waals surface area contributed by atoms with Crippen LogP contribution in [0.3, 0.4) is 0 Å². The molecule has 2 aliphatic rings. The highest BCUT2D eigenvalue weighted by molar-refractivity contribution is 5.92. The first-order valence-corrected chi connectivity index (χ1v) is 9.16. The number of pyridine rings is 1. The van der Waals surface area contributed by atoms with Crippen molar-refractivity contribution < 1.29 is 9.59 Å². The molecule has 2 fully saturated rings. The van der Waals surface area contributed by atoms with E-state index in [0.29, 0.717) is 25.2 Å². The van der Waals surface area contributed by atoms with Crippen LogP contribution in [0.1, 0.15) is 46.9 Å². The molecule has 4 rings (SSSR count). The summed E-state index contributed by atoms with van der Waals surface area (Å²) in [5.41, 5.74) is 2.30. The molecule has 2 aliphatic heterocycles.